The average Bonchev–Trinajstić information content (AvgIpc) is 2.55. The van der Waals surface area contributed by atoms with E-state index < -0.39 is 0 Å². The number of carbonyl (C=O) groups is 1. The summed E-state index contributed by atoms with van der Waals surface area (Å²) < 4.78 is 0. The van der Waals surface area contributed by atoms with Gasteiger partial charge in [-0.05, 0) is 11.6 Å². The van der Waals surface area contributed by atoms with Gasteiger partial charge in [0.05, 0.1) is 13.0 Å². The van der Waals surface area contributed by atoms with E-state index in [0.29, 0.717) is 19.5 Å². The SMILES string of the molecule is I.NC(N)=NCCN1C(=O)Cc2ccccc21. The lowest BCUT2D eigenvalue weighted by Crippen LogP contribution is -2.31. The molecule has 6 heteroatoms. The van der Waals surface area contributed by atoms with Crippen LogP contribution in [0.3, 0.4) is 0 Å². The van der Waals surface area contributed by atoms with E-state index in [1.165, 1.54) is 0 Å². The van der Waals surface area contributed by atoms with Crippen LogP contribution in [-0.2, 0) is 11.2 Å². The molecule has 2 rings (SSSR count). The quantitative estimate of drug-likeness (QED) is 0.474. The van der Waals surface area contributed by atoms with Gasteiger partial charge in [0.25, 0.3) is 0 Å². The molecular weight excluding hydrogens is 331 g/mol. The summed E-state index contributed by atoms with van der Waals surface area (Å²) in [6.45, 7) is 0.955. The molecule has 0 saturated carbocycles. The molecule has 0 saturated heterocycles. The molecule has 0 unspecified atom stereocenters. The monoisotopic (exact) mass is 346 g/mol. The number of hydrogen-bond acceptors (Lipinski definition) is 2. The summed E-state index contributed by atoms with van der Waals surface area (Å²) >= 11 is 0. The molecule has 0 radical (unpaired) electrons. The van der Waals surface area contributed by atoms with Gasteiger partial charge in [0.1, 0.15) is 0 Å². The van der Waals surface area contributed by atoms with Crippen LogP contribution in [-0.4, -0.2) is 25.0 Å². The van der Waals surface area contributed by atoms with Gasteiger partial charge >= 0.3 is 0 Å². The summed E-state index contributed by atoms with van der Waals surface area (Å²) in [6, 6.07) is 7.76. The summed E-state index contributed by atoms with van der Waals surface area (Å²) in [7, 11) is 0. The van der Waals surface area contributed by atoms with Gasteiger partial charge in [-0.15, -0.1) is 24.0 Å². The number of aliphatic imine (C=N–C) groups is 1. The number of amides is 1. The molecule has 1 heterocycles. The lowest BCUT2D eigenvalue weighted by Gasteiger charge is -2.15. The molecule has 1 aromatic carbocycles. The maximum atomic E-state index is 11.7. The Morgan fingerprint density at radius 2 is 2.06 bits per heavy atom. The van der Waals surface area contributed by atoms with Crippen LogP contribution in [0.15, 0.2) is 29.3 Å². The first-order valence-corrected chi connectivity index (χ1v) is 5.12. The topological polar surface area (TPSA) is 84.7 Å². The Bertz CT molecular complexity index is 443. The van der Waals surface area contributed by atoms with E-state index in [0.717, 1.165) is 11.3 Å². The average molecular weight is 346 g/mol. The van der Waals surface area contributed by atoms with Crippen LogP contribution in [0.5, 0.6) is 0 Å². The molecule has 17 heavy (non-hydrogen) atoms. The van der Waals surface area contributed by atoms with E-state index in [1.54, 1.807) is 4.90 Å². The van der Waals surface area contributed by atoms with Crippen molar-refractivity contribution < 1.29 is 4.79 Å². The molecule has 0 atom stereocenters. The molecule has 1 aliphatic rings. The van der Waals surface area contributed by atoms with Crippen LogP contribution < -0.4 is 16.4 Å². The van der Waals surface area contributed by atoms with Crippen molar-refractivity contribution in [2.24, 2.45) is 16.5 Å². The van der Waals surface area contributed by atoms with Gasteiger partial charge in [0.2, 0.25) is 5.91 Å². The molecule has 5 nitrogen and oxygen atoms in total. The van der Waals surface area contributed by atoms with E-state index >= 15 is 0 Å². The van der Waals surface area contributed by atoms with Crippen LogP contribution in [0.25, 0.3) is 0 Å². The number of benzene rings is 1. The van der Waals surface area contributed by atoms with Gasteiger partial charge in [0, 0.05) is 12.2 Å². The summed E-state index contributed by atoms with van der Waals surface area (Å²) in [5, 5.41) is 0. The fourth-order valence-electron chi connectivity index (χ4n) is 1.84. The standard InChI is InChI=1S/C11H14N4O.HI/c12-11(13)14-5-6-15-9-4-2-1-3-8(9)7-10(15)16;/h1-4H,5-7H2,(H4,12,13,14);1H. The number of fused-ring (bicyclic) bond motifs is 1. The number of para-hydroxylation sites is 1. The zero-order valence-corrected chi connectivity index (χ0v) is 11.6. The maximum Gasteiger partial charge on any atom is 0.231 e. The Labute approximate surface area is 117 Å². The van der Waals surface area contributed by atoms with E-state index in [1.807, 2.05) is 24.3 Å². The van der Waals surface area contributed by atoms with Crippen molar-refractivity contribution in [1.29, 1.82) is 0 Å². The molecule has 0 spiro atoms. The normalized spacial score (nSPS) is 12.9. The molecule has 0 bridgehead atoms. The van der Waals surface area contributed by atoms with Gasteiger partial charge in [-0.3, -0.25) is 9.79 Å². The van der Waals surface area contributed by atoms with E-state index in [9.17, 15) is 4.79 Å². The van der Waals surface area contributed by atoms with Crippen molar-refractivity contribution in [2.75, 3.05) is 18.0 Å². The zero-order valence-electron chi connectivity index (χ0n) is 9.30. The Hall–Kier alpha value is -1.31. The Morgan fingerprint density at radius 3 is 2.76 bits per heavy atom. The van der Waals surface area contributed by atoms with E-state index in [2.05, 4.69) is 4.99 Å². The number of hydrogen-bond donors (Lipinski definition) is 2. The predicted molar refractivity (Wildman–Crippen MR) is 78.6 cm³/mol. The van der Waals surface area contributed by atoms with Crippen molar-refractivity contribution in [3.8, 4) is 0 Å². The Morgan fingerprint density at radius 1 is 1.35 bits per heavy atom. The number of carbonyl (C=O) groups excluding carboxylic acids is 1. The van der Waals surface area contributed by atoms with E-state index in [-0.39, 0.29) is 35.8 Å². The molecule has 1 aromatic rings. The lowest BCUT2D eigenvalue weighted by molar-refractivity contribution is -0.117. The van der Waals surface area contributed by atoms with E-state index in [4.69, 9.17) is 11.5 Å². The largest absolute Gasteiger partial charge is 0.370 e. The van der Waals surface area contributed by atoms with Crippen molar-refractivity contribution in [3.05, 3.63) is 29.8 Å². The minimum absolute atomic E-state index is 0. The fourth-order valence-corrected chi connectivity index (χ4v) is 1.84. The highest BCUT2D eigenvalue weighted by atomic mass is 127. The van der Waals surface area contributed by atoms with Gasteiger partial charge in [-0.1, -0.05) is 18.2 Å². The lowest BCUT2D eigenvalue weighted by atomic mass is 10.2. The predicted octanol–water partition coefficient (Wildman–Crippen LogP) is 0.467. The molecule has 92 valence electrons. The molecule has 0 aromatic heterocycles. The van der Waals surface area contributed by atoms with Gasteiger partial charge in [-0.25, -0.2) is 0 Å². The summed E-state index contributed by atoms with van der Waals surface area (Å²) in [5.41, 5.74) is 12.5. The number of nitrogens with two attached hydrogens (primary N) is 2. The van der Waals surface area contributed by atoms with Crippen molar-refractivity contribution in [2.45, 2.75) is 6.42 Å². The second-order valence-electron chi connectivity index (χ2n) is 3.66. The molecule has 4 N–H and O–H groups in total. The van der Waals surface area contributed by atoms with Gasteiger partial charge in [0.15, 0.2) is 5.96 Å². The van der Waals surface area contributed by atoms with Crippen LogP contribution in [0, 0.1) is 0 Å². The number of anilines is 1. The van der Waals surface area contributed by atoms with Crippen LogP contribution >= 0.6 is 24.0 Å². The third-order valence-electron chi connectivity index (χ3n) is 2.54. The van der Waals surface area contributed by atoms with Crippen molar-refractivity contribution >= 4 is 41.5 Å². The maximum absolute atomic E-state index is 11.7. The zero-order chi connectivity index (χ0) is 11.5. The molecule has 1 amide bonds. The van der Waals surface area contributed by atoms with Gasteiger partial charge < -0.3 is 16.4 Å². The number of nitrogens with zero attached hydrogens (tertiary/aromatic N) is 2. The van der Waals surface area contributed by atoms with Crippen molar-refractivity contribution in [3.63, 3.8) is 0 Å². The fraction of sp³-hybridized carbons (Fsp3) is 0.273. The molecular formula is C11H15IN4O. The van der Waals surface area contributed by atoms with Crippen LogP contribution in [0.4, 0.5) is 5.69 Å². The first-order valence-electron chi connectivity index (χ1n) is 5.12. The summed E-state index contributed by atoms with van der Waals surface area (Å²) in [4.78, 5) is 17.3. The highest BCUT2D eigenvalue weighted by Gasteiger charge is 2.25. The minimum atomic E-state index is 0. The van der Waals surface area contributed by atoms with Crippen molar-refractivity contribution in [1.82, 2.24) is 0 Å². The van der Waals surface area contributed by atoms with Crippen LogP contribution in [0.2, 0.25) is 0 Å². The second kappa shape index (κ2) is 5.85. The minimum Gasteiger partial charge on any atom is -0.370 e. The third kappa shape index (κ3) is 3.09. The second-order valence-corrected chi connectivity index (χ2v) is 3.66. The van der Waals surface area contributed by atoms with Crippen LogP contribution in [0.1, 0.15) is 5.56 Å². The number of halogens is 1. The molecule has 1 aliphatic heterocycles. The number of guanidine groups is 1. The van der Waals surface area contributed by atoms with Gasteiger partial charge in [-0.2, -0.15) is 0 Å². The highest BCUT2D eigenvalue weighted by Crippen LogP contribution is 2.27. The number of rotatable bonds is 3. The highest BCUT2D eigenvalue weighted by molar-refractivity contribution is 14.0. The summed E-state index contributed by atoms with van der Waals surface area (Å²) in [6.07, 6.45) is 0.470. The molecule has 0 fully saturated rings. The summed E-state index contributed by atoms with van der Waals surface area (Å²) in [5.74, 6) is 0.159. The third-order valence-corrected chi connectivity index (χ3v) is 2.54. The first kappa shape index (κ1) is 13.8. The Kier molecular flexibility index (Phi) is 4.73. The first-order chi connectivity index (χ1) is 7.68. The smallest absolute Gasteiger partial charge is 0.231 e. The Balaban J connectivity index is 0.00000144. The molecule has 0 aliphatic carbocycles.